The Hall–Kier alpha value is -1.39. The SMILES string of the molecule is COc1cccc(Nc2cc(Cl)c(C)cc2Br)c1N. The molecule has 0 aromatic heterocycles. The molecular weight excluding hydrogens is 328 g/mol. The summed E-state index contributed by atoms with van der Waals surface area (Å²) in [4.78, 5) is 0. The van der Waals surface area contributed by atoms with E-state index in [4.69, 9.17) is 22.1 Å². The highest BCUT2D eigenvalue weighted by atomic mass is 79.9. The number of hydrogen-bond donors (Lipinski definition) is 2. The van der Waals surface area contributed by atoms with E-state index >= 15 is 0 Å². The lowest BCUT2D eigenvalue weighted by atomic mass is 10.2. The molecule has 3 N–H and O–H groups in total. The van der Waals surface area contributed by atoms with Crippen molar-refractivity contribution in [2.45, 2.75) is 6.92 Å². The first-order valence-electron chi connectivity index (χ1n) is 5.68. The highest BCUT2D eigenvalue weighted by Gasteiger charge is 2.09. The summed E-state index contributed by atoms with van der Waals surface area (Å²) in [5.41, 5.74) is 9.23. The van der Waals surface area contributed by atoms with Crippen LogP contribution in [0.1, 0.15) is 5.56 Å². The molecule has 2 aromatic rings. The second kappa shape index (κ2) is 5.72. The summed E-state index contributed by atoms with van der Waals surface area (Å²) >= 11 is 9.64. The maximum absolute atomic E-state index is 6.13. The molecule has 0 amide bonds. The van der Waals surface area contributed by atoms with Gasteiger partial charge in [0.1, 0.15) is 5.75 Å². The normalized spacial score (nSPS) is 10.3. The fourth-order valence-corrected chi connectivity index (χ4v) is 2.44. The van der Waals surface area contributed by atoms with E-state index in [9.17, 15) is 0 Å². The van der Waals surface area contributed by atoms with Crippen LogP contribution in [0.15, 0.2) is 34.8 Å². The average Bonchev–Trinajstić information content (AvgIpc) is 2.38. The fraction of sp³-hybridized carbons (Fsp3) is 0.143. The second-order valence-corrected chi connectivity index (χ2v) is 5.39. The van der Waals surface area contributed by atoms with Gasteiger partial charge in [-0.15, -0.1) is 0 Å². The molecule has 3 nitrogen and oxygen atoms in total. The van der Waals surface area contributed by atoms with Crippen LogP contribution >= 0.6 is 27.5 Å². The summed E-state index contributed by atoms with van der Waals surface area (Å²) in [6, 6.07) is 9.40. The van der Waals surface area contributed by atoms with Crippen LogP contribution in [-0.2, 0) is 0 Å². The first-order chi connectivity index (χ1) is 9.02. The van der Waals surface area contributed by atoms with Crippen LogP contribution in [0.3, 0.4) is 0 Å². The van der Waals surface area contributed by atoms with Gasteiger partial charge in [-0.2, -0.15) is 0 Å². The number of aryl methyl sites for hydroxylation is 1. The molecule has 0 saturated carbocycles. The molecule has 2 aromatic carbocycles. The van der Waals surface area contributed by atoms with E-state index in [2.05, 4.69) is 21.2 Å². The third-order valence-electron chi connectivity index (χ3n) is 2.80. The molecule has 0 aliphatic rings. The van der Waals surface area contributed by atoms with Gasteiger partial charge in [0.15, 0.2) is 0 Å². The number of hydrogen-bond acceptors (Lipinski definition) is 3. The van der Waals surface area contributed by atoms with Crippen molar-refractivity contribution < 1.29 is 4.74 Å². The smallest absolute Gasteiger partial charge is 0.143 e. The van der Waals surface area contributed by atoms with Gasteiger partial charge in [-0.3, -0.25) is 0 Å². The quantitative estimate of drug-likeness (QED) is 0.792. The molecule has 0 saturated heterocycles. The van der Waals surface area contributed by atoms with Crippen LogP contribution in [0.2, 0.25) is 5.02 Å². The predicted octanol–water partition coefficient (Wildman–Crippen LogP) is 4.75. The summed E-state index contributed by atoms with van der Waals surface area (Å²) in [6.07, 6.45) is 0. The van der Waals surface area contributed by atoms with Crippen LogP contribution in [0.25, 0.3) is 0 Å². The molecule has 0 aliphatic carbocycles. The van der Waals surface area contributed by atoms with Crippen molar-refractivity contribution in [2.75, 3.05) is 18.2 Å². The number of anilines is 3. The van der Waals surface area contributed by atoms with E-state index in [-0.39, 0.29) is 0 Å². The Kier molecular flexibility index (Phi) is 4.22. The van der Waals surface area contributed by atoms with Gasteiger partial charge >= 0.3 is 0 Å². The maximum Gasteiger partial charge on any atom is 0.143 e. The fourth-order valence-electron chi connectivity index (χ4n) is 1.72. The molecule has 100 valence electrons. The predicted molar refractivity (Wildman–Crippen MR) is 84.6 cm³/mol. The molecule has 0 heterocycles. The molecule has 0 fully saturated rings. The first-order valence-corrected chi connectivity index (χ1v) is 6.85. The Bertz CT molecular complexity index is 617. The zero-order valence-electron chi connectivity index (χ0n) is 10.6. The number of halogens is 2. The monoisotopic (exact) mass is 340 g/mol. The minimum atomic E-state index is 0.564. The van der Waals surface area contributed by atoms with Gasteiger partial charge in [0.05, 0.1) is 24.2 Å². The third kappa shape index (κ3) is 2.96. The van der Waals surface area contributed by atoms with Crippen LogP contribution in [0.4, 0.5) is 17.1 Å². The van der Waals surface area contributed by atoms with E-state index < -0.39 is 0 Å². The van der Waals surface area contributed by atoms with Crippen molar-refractivity contribution >= 4 is 44.6 Å². The molecule has 2 rings (SSSR count). The third-order valence-corrected chi connectivity index (χ3v) is 3.87. The van der Waals surface area contributed by atoms with Gasteiger partial charge in [-0.05, 0) is 52.7 Å². The zero-order valence-corrected chi connectivity index (χ0v) is 13.0. The number of rotatable bonds is 3. The van der Waals surface area contributed by atoms with Crippen LogP contribution < -0.4 is 15.8 Å². The number of benzene rings is 2. The van der Waals surface area contributed by atoms with E-state index in [0.29, 0.717) is 16.5 Å². The van der Waals surface area contributed by atoms with Crippen LogP contribution in [0.5, 0.6) is 5.75 Å². The topological polar surface area (TPSA) is 47.3 Å². The lowest BCUT2D eigenvalue weighted by molar-refractivity contribution is 0.417. The summed E-state index contributed by atoms with van der Waals surface area (Å²) in [5.74, 6) is 0.638. The second-order valence-electron chi connectivity index (χ2n) is 4.13. The number of methoxy groups -OCH3 is 1. The van der Waals surface area contributed by atoms with E-state index in [1.807, 2.05) is 37.3 Å². The van der Waals surface area contributed by atoms with Crippen LogP contribution in [0, 0.1) is 6.92 Å². The lowest BCUT2D eigenvalue weighted by Gasteiger charge is -2.14. The molecule has 0 spiro atoms. The standard InChI is InChI=1S/C14H14BrClN2O/c1-8-6-9(15)12(7-10(8)16)18-11-4-3-5-13(19-2)14(11)17/h3-7,18H,17H2,1-2H3. The Morgan fingerprint density at radius 2 is 2.00 bits per heavy atom. The van der Waals surface area contributed by atoms with Gasteiger partial charge in [0.25, 0.3) is 0 Å². The minimum Gasteiger partial charge on any atom is -0.495 e. The van der Waals surface area contributed by atoms with Crippen molar-refractivity contribution in [1.82, 2.24) is 0 Å². The summed E-state index contributed by atoms with van der Waals surface area (Å²) in [7, 11) is 1.59. The average molecular weight is 342 g/mol. The molecule has 0 unspecified atom stereocenters. The zero-order chi connectivity index (χ0) is 14.0. The molecule has 0 aliphatic heterocycles. The Morgan fingerprint density at radius 3 is 2.68 bits per heavy atom. The highest BCUT2D eigenvalue weighted by molar-refractivity contribution is 9.10. The molecule has 19 heavy (non-hydrogen) atoms. The number of nitrogen functional groups attached to an aromatic ring is 1. The number of ether oxygens (including phenoxy) is 1. The maximum atomic E-state index is 6.13. The molecule has 0 atom stereocenters. The minimum absolute atomic E-state index is 0.564. The van der Waals surface area contributed by atoms with Crippen molar-refractivity contribution in [1.29, 1.82) is 0 Å². The Balaban J connectivity index is 2.39. The van der Waals surface area contributed by atoms with E-state index in [1.54, 1.807) is 7.11 Å². The van der Waals surface area contributed by atoms with E-state index in [1.165, 1.54) is 0 Å². The van der Waals surface area contributed by atoms with Gasteiger partial charge < -0.3 is 15.8 Å². The van der Waals surface area contributed by atoms with Crippen molar-refractivity contribution in [3.63, 3.8) is 0 Å². The molecular formula is C14H14BrClN2O. The molecule has 0 bridgehead atoms. The molecule has 5 heteroatoms. The van der Waals surface area contributed by atoms with Crippen LogP contribution in [-0.4, -0.2) is 7.11 Å². The van der Waals surface area contributed by atoms with Gasteiger partial charge in [0.2, 0.25) is 0 Å². The van der Waals surface area contributed by atoms with Gasteiger partial charge in [0, 0.05) is 9.50 Å². The largest absolute Gasteiger partial charge is 0.495 e. The Labute approximate surface area is 125 Å². The lowest BCUT2D eigenvalue weighted by Crippen LogP contribution is -1.99. The van der Waals surface area contributed by atoms with Gasteiger partial charge in [-0.25, -0.2) is 0 Å². The van der Waals surface area contributed by atoms with Gasteiger partial charge in [-0.1, -0.05) is 17.7 Å². The summed E-state index contributed by atoms with van der Waals surface area (Å²) in [5, 5.41) is 3.95. The first kappa shape index (κ1) is 14.0. The number of nitrogens with two attached hydrogens (primary N) is 1. The van der Waals surface area contributed by atoms with Crippen molar-refractivity contribution in [2.24, 2.45) is 0 Å². The summed E-state index contributed by atoms with van der Waals surface area (Å²) < 4.78 is 6.12. The highest BCUT2D eigenvalue weighted by Crippen LogP contribution is 2.35. The number of para-hydroxylation sites is 1. The summed E-state index contributed by atoms with van der Waals surface area (Å²) in [6.45, 7) is 1.96. The van der Waals surface area contributed by atoms with Crippen molar-refractivity contribution in [3.8, 4) is 5.75 Å². The number of nitrogens with one attached hydrogen (secondary N) is 1. The molecule has 0 radical (unpaired) electrons. The Morgan fingerprint density at radius 1 is 1.26 bits per heavy atom. The van der Waals surface area contributed by atoms with Crippen molar-refractivity contribution in [3.05, 3.63) is 45.4 Å². The van der Waals surface area contributed by atoms with E-state index in [0.717, 1.165) is 21.4 Å².